The summed E-state index contributed by atoms with van der Waals surface area (Å²) in [6, 6.07) is 8.55. The van der Waals surface area contributed by atoms with Gasteiger partial charge in [-0.1, -0.05) is 16.8 Å². The van der Waals surface area contributed by atoms with Gasteiger partial charge in [0.25, 0.3) is 5.91 Å². The number of carbonyl (C=O) groups is 1. The van der Waals surface area contributed by atoms with Gasteiger partial charge in [-0.25, -0.2) is 0 Å². The van der Waals surface area contributed by atoms with Crippen molar-refractivity contribution in [2.24, 2.45) is 0 Å². The quantitative estimate of drug-likeness (QED) is 0.936. The van der Waals surface area contributed by atoms with Crippen LogP contribution in [0.5, 0.6) is 0 Å². The van der Waals surface area contributed by atoms with Crippen LogP contribution in [0.3, 0.4) is 0 Å². The first-order chi connectivity index (χ1) is 10.7. The lowest BCUT2D eigenvalue weighted by Gasteiger charge is -2.25. The minimum Gasteiger partial charge on any atom is -0.379 e. The summed E-state index contributed by atoms with van der Waals surface area (Å²) in [6.45, 7) is 3.78. The molecule has 6 nitrogen and oxygen atoms in total. The summed E-state index contributed by atoms with van der Waals surface area (Å²) in [5, 5.41) is 7.19. The molecule has 1 fully saturated rings. The van der Waals surface area contributed by atoms with Crippen LogP contribution in [-0.4, -0.2) is 42.3 Å². The summed E-state index contributed by atoms with van der Waals surface area (Å²) in [7, 11) is 0. The molecule has 2 heterocycles. The zero-order valence-electron chi connectivity index (χ0n) is 11.9. The molecule has 3 rings (SSSR count). The maximum absolute atomic E-state index is 12.1. The molecule has 1 N–H and O–H groups in total. The molecule has 2 aromatic rings. The number of hydrogen-bond donors (Lipinski definition) is 1. The number of nitrogens with zero attached hydrogens (tertiary/aromatic N) is 2. The van der Waals surface area contributed by atoms with Crippen LogP contribution >= 0.6 is 11.6 Å². The largest absolute Gasteiger partial charge is 0.379 e. The maximum Gasteiger partial charge on any atom is 0.277 e. The van der Waals surface area contributed by atoms with E-state index in [1.54, 1.807) is 30.3 Å². The first kappa shape index (κ1) is 15.0. The first-order valence-electron chi connectivity index (χ1n) is 7.03. The predicted molar refractivity (Wildman–Crippen MR) is 82.0 cm³/mol. The van der Waals surface area contributed by atoms with Crippen LogP contribution in [0.2, 0.25) is 5.02 Å². The molecule has 22 heavy (non-hydrogen) atoms. The number of rotatable bonds is 4. The van der Waals surface area contributed by atoms with Crippen molar-refractivity contribution in [3.8, 4) is 0 Å². The highest BCUT2D eigenvalue weighted by Crippen LogP contribution is 2.15. The highest BCUT2D eigenvalue weighted by molar-refractivity contribution is 6.30. The SMILES string of the molecule is O=C(Nc1ccc(Cl)cc1)c1cc(CN2CCOCC2)on1. The van der Waals surface area contributed by atoms with Crippen LogP contribution in [-0.2, 0) is 11.3 Å². The fourth-order valence-corrected chi connectivity index (χ4v) is 2.33. The van der Waals surface area contributed by atoms with E-state index in [1.165, 1.54) is 0 Å². The van der Waals surface area contributed by atoms with Gasteiger partial charge in [0, 0.05) is 29.9 Å². The topological polar surface area (TPSA) is 67.6 Å². The molecule has 0 atom stereocenters. The average Bonchev–Trinajstić information content (AvgIpc) is 2.99. The van der Waals surface area contributed by atoms with E-state index < -0.39 is 0 Å². The van der Waals surface area contributed by atoms with Gasteiger partial charge < -0.3 is 14.6 Å². The number of ether oxygens (including phenoxy) is 1. The Kier molecular flexibility index (Phi) is 4.72. The van der Waals surface area contributed by atoms with Gasteiger partial charge >= 0.3 is 0 Å². The predicted octanol–water partition coefficient (Wildman–Crippen LogP) is 2.41. The lowest BCUT2D eigenvalue weighted by molar-refractivity contribution is 0.0305. The van der Waals surface area contributed by atoms with Gasteiger partial charge in [-0.05, 0) is 24.3 Å². The Labute approximate surface area is 133 Å². The van der Waals surface area contributed by atoms with Crippen molar-refractivity contribution < 1.29 is 14.1 Å². The number of hydrogen-bond acceptors (Lipinski definition) is 5. The second-order valence-corrected chi connectivity index (χ2v) is 5.46. The Bertz CT molecular complexity index is 636. The Morgan fingerprint density at radius 2 is 2.00 bits per heavy atom. The summed E-state index contributed by atoms with van der Waals surface area (Å²) in [6.07, 6.45) is 0. The highest BCUT2D eigenvalue weighted by Gasteiger charge is 2.16. The van der Waals surface area contributed by atoms with E-state index in [2.05, 4.69) is 15.4 Å². The normalized spacial score (nSPS) is 15.7. The van der Waals surface area contributed by atoms with Crippen molar-refractivity contribution in [2.45, 2.75) is 6.54 Å². The Balaban J connectivity index is 1.60. The van der Waals surface area contributed by atoms with E-state index in [1.807, 2.05) is 0 Å². The lowest BCUT2D eigenvalue weighted by Crippen LogP contribution is -2.35. The molecule has 116 valence electrons. The molecule has 0 unspecified atom stereocenters. The van der Waals surface area contributed by atoms with E-state index in [9.17, 15) is 4.79 Å². The fourth-order valence-electron chi connectivity index (χ4n) is 2.20. The summed E-state index contributed by atoms with van der Waals surface area (Å²) >= 11 is 5.81. The standard InChI is InChI=1S/C15H16ClN3O3/c16-11-1-3-12(4-2-11)17-15(20)14-9-13(22-18-14)10-19-5-7-21-8-6-19/h1-4,9H,5-8,10H2,(H,17,20). The van der Waals surface area contributed by atoms with Crippen LogP contribution in [0.1, 0.15) is 16.2 Å². The number of morpholine rings is 1. The summed E-state index contributed by atoms with van der Waals surface area (Å²) in [5.41, 5.74) is 0.922. The number of nitrogens with one attached hydrogen (secondary N) is 1. The molecule has 1 aliphatic heterocycles. The number of benzene rings is 1. The second-order valence-electron chi connectivity index (χ2n) is 5.03. The number of carbonyl (C=O) groups excluding carboxylic acids is 1. The van der Waals surface area contributed by atoms with E-state index in [-0.39, 0.29) is 11.6 Å². The van der Waals surface area contributed by atoms with Crippen LogP contribution in [0.15, 0.2) is 34.9 Å². The van der Waals surface area contributed by atoms with Crippen molar-refractivity contribution >= 4 is 23.2 Å². The minimum atomic E-state index is -0.306. The van der Waals surface area contributed by atoms with Gasteiger partial charge in [0.05, 0.1) is 19.8 Å². The molecule has 1 aromatic carbocycles. The van der Waals surface area contributed by atoms with E-state index >= 15 is 0 Å². The summed E-state index contributed by atoms with van der Waals surface area (Å²) < 4.78 is 10.5. The molecule has 1 aliphatic rings. The molecular formula is C15H16ClN3O3. The van der Waals surface area contributed by atoms with Gasteiger partial charge in [0.2, 0.25) is 0 Å². The number of amides is 1. The Morgan fingerprint density at radius 1 is 1.27 bits per heavy atom. The molecule has 0 radical (unpaired) electrons. The number of anilines is 1. The van der Waals surface area contributed by atoms with Crippen molar-refractivity contribution in [1.82, 2.24) is 10.1 Å². The van der Waals surface area contributed by atoms with Gasteiger partial charge in [-0.15, -0.1) is 0 Å². The van der Waals surface area contributed by atoms with Crippen LogP contribution in [0.25, 0.3) is 0 Å². The summed E-state index contributed by atoms with van der Waals surface area (Å²) in [5.74, 6) is 0.363. The smallest absolute Gasteiger partial charge is 0.277 e. The first-order valence-corrected chi connectivity index (χ1v) is 7.41. The molecule has 1 aromatic heterocycles. The molecule has 1 saturated heterocycles. The third kappa shape index (κ3) is 3.85. The van der Waals surface area contributed by atoms with Gasteiger partial charge in [0.1, 0.15) is 0 Å². The van der Waals surface area contributed by atoms with Gasteiger partial charge in [0.15, 0.2) is 11.5 Å². The molecule has 7 heteroatoms. The van der Waals surface area contributed by atoms with Gasteiger partial charge in [-0.2, -0.15) is 0 Å². The molecule has 0 bridgehead atoms. The van der Waals surface area contributed by atoms with E-state index in [0.29, 0.717) is 23.0 Å². The average molecular weight is 322 g/mol. The van der Waals surface area contributed by atoms with Crippen molar-refractivity contribution in [3.05, 3.63) is 46.8 Å². The zero-order chi connectivity index (χ0) is 15.4. The lowest BCUT2D eigenvalue weighted by atomic mass is 10.3. The van der Waals surface area contributed by atoms with Crippen LogP contribution in [0.4, 0.5) is 5.69 Å². The van der Waals surface area contributed by atoms with Crippen LogP contribution in [0, 0.1) is 0 Å². The van der Waals surface area contributed by atoms with Gasteiger partial charge in [-0.3, -0.25) is 9.69 Å². The van der Waals surface area contributed by atoms with E-state index in [0.717, 1.165) is 26.3 Å². The molecule has 0 saturated carbocycles. The fraction of sp³-hybridized carbons (Fsp3) is 0.333. The third-order valence-corrected chi connectivity index (χ3v) is 3.63. The van der Waals surface area contributed by atoms with Crippen LogP contribution < -0.4 is 5.32 Å². The third-order valence-electron chi connectivity index (χ3n) is 3.38. The Hall–Kier alpha value is -1.89. The van der Waals surface area contributed by atoms with Crippen molar-refractivity contribution in [2.75, 3.05) is 31.6 Å². The Morgan fingerprint density at radius 3 is 2.73 bits per heavy atom. The molecule has 0 aliphatic carbocycles. The monoisotopic (exact) mass is 321 g/mol. The highest BCUT2D eigenvalue weighted by atomic mass is 35.5. The molecule has 0 spiro atoms. The van der Waals surface area contributed by atoms with E-state index in [4.69, 9.17) is 20.9 Å². The second kappa shape index (κ2) is 6.91. The maximum atomic E-state index is 12.1. The summed E-state index contributed by atoms with van der Waals surface area (Å²) in [4.78, 5) is 14.3. The minimum absolute atomic E-state index is 0.262. The van der Waals surface area contributed by atoms with Crippen molar-refractivity contribution in [1.29, 1.82) is 0 Å². The van der Waals surface area contributed by atoms with Crippen molar-refractivity contribution in [3.63, 3.8) is 0 Å². The number of halogens is 1. The zero-order valence-corrected chi connectivity index (χ0v) is 12.7. The molecule has 1 amide bonds. The number of aromatic nitrogens is 1. The molecular weight excluding hydrogens is 306 g/mol.